The largest absolute Gasteiger partial charge is 0.487 e. The molecule has 0 aliphatic heterocycles. The Balaban J connectivity index is 2.23. The van der Waals surface area contributed by atoms with Crippen LogP contribution in [0.15, 0.2) is 42.5 Å². The van der Waals surface area contributed by atoms with E-state index in [9.17, 15) is 19.7 Å². The maximum atomic E-state index is 12.5. The Morgan fingerprint density at radius 3 is 2.39 bits per heavy atom. The fourth-order valence-corrected chi connectivity index (χ4v) is 2.71. The van der Waals surface area contributed by atoms with Crippen LogP contribution in [0.1, 0.15) is 41.5 Å². The van der Waals surface area contributed by atoms with E-state index >= 15 is 0 Å². The van der Waals surface area contributed by atoms with Crippen molar-refractivity contribution in [1.82, 2.24) is 4.90 Å². The van der Waals surface area contributed by atoms with Gasteiger partial charge in [-0.2, -0.15) is 0 Å². The first kappa shape index (κ1) is 20.9. The number of carbonyl (C=O) groups is 2. The van der Waals surface area contributed by atoms with Gasteiger partial charge in [-0.15, -0.1) is 0 Å². The lowest BCUT2D eigenvalue weighted by molar-refractivity contribution is -0.385. The zero-order valence-corrected chi connectivity index (χ0v) is 16.1. The number of anilines is 1. The number of amides is 2. The van der Waals surface area contributed by atoms with Gasteiger partial charge >= 0.3 is 5.69 Å². The Morgan fingerprint density at radius 2 is 1.79 bits per heavy atom. The molecule has 0 unspecified atom stereocenters. The van der Waals surface area contributed by atoms with Gasteiger partial charge in [-0.25, -0.2) is 0 Å². The van der Waals surface area contributed by atoms with Crippen LogP contribution in [0, 0.1) is 10.1 Å². The Hall–Kier alpha value is -3.42. The number of ether oxygens (including phenoxy) is 1. The van der Waals surface area contributed by atoms with Gasteiger partial charge in [0.15, 0.2) is 5.75 Å². The number of nitro benzene ring substituents is 1. The van der Waals surface area contributed by atoms with Crippen LogP contribution in [0.2, 0.25) is 0 Å². The van der Waals surface area contributed by atoms with E-state index < -0.39 is 10.8 Å². The summed E-state index contributed by atoms with van der Waals surface area (Å²) in [5.41, 5.74) is 0.731. The van der Waals surface area contributed by atoms with Gasteiger partial charge in [-0.1, -0.05) is 6.07 Å². The van der Waals surface area contributed by atoms with Crippen LogP contribution in [0.4, 0.5) is 11.4 Å². The third kappa shape index (κ3) is 4.85. The van der Waals surface area contributed by atoms with Crippen molar-refractivity contribution >= 4 is 23.2 Å². The molecule has 1 N–H and O–H groups in total. The van der Waals surface area contributed by atoms with Gasteiger partial charge in [0.1, 0.15) is 0 Å². The summed E-state index contributed by atoms with van der Waals surface area (Å²) >= 11 is 0. The van der Waals surface area contributed by atoms with Crippen LogP contribution < -0.4 is 10.1 Å². The summed E-state index contributed by atoms with van der Waals surface area (Å²) in [7, 11) is 0. The van der Waals surface area contributed by atoms with E-state index in [4.69, 9.17) is 4.74 Å². The fourth-order valence-electron chi connectivity index (χ4n) is 2.71. The number of rotatable bonds is 8. The second-order valence-corrected chi connectivity index (χ2v) is 5.88. The monoisotopic (exact) mass is 385 g/mol. The molecule has 2 aromatic carbocycles. The molecule has 8 nitrogen and oxygen atoms in total. The van der Waals surface area contributed by atoms with Crippen molar-refractivity contribution in [2.75, 3.05) is 25.0 Å². The molecule has 0 spiro atoms. The standard InChI is InChI=1S/C20H23N3O5/c1-4-22(5-2)20(25)15-8-7-9-16(12-15)21-19(24)14-10-11-18(28-6-3)17(13-14)23(26)27/h7-13H,4-6H2,1-3H3,(H,21,24). The third-order valence-electron chi connectivity index (χ3n) is 4.14. The predicted octanol–water partition coefficient (Wildman–Crippen LogP) is 3.73. The van der Waals surface area contributed by atoms with Crippen molar-refractivity contribution in [2.24, 2.45) is 0 Å². The van der Waals surface area contributed by atoms with Crippen LogP contribution in [0.5, 0.6) is 5.75 Å². The molecule has 2 aromatic rings. The number of carbonyl (C=O) groups excluding carboxylic acids is 2. The highest BCUT2D eigenvalue weighted by Gasteiger charge is 2.19. The van der Waals surface area contributed by atoms with Crippen LogP contribution >= 0.6 is 0 Å². The van der Waals surface area contributed by atoms with E-state index in [1.54, 1.807) is 36.1 Å². The molecule has 2 amide bonds. The maximum absolute atomic E-state index is 12.5. The summed E-state index contributed by atoms with van der Waals surface area (Å²) in [5.74, 6) is -0.535. The normalized spacial score (nSPS) is 10.2. The minimum atomic E-state index is -0.592. The molecule has 8 heteroatoms. The van der Waals surface area contributed by atoms with Crippen LogP contribution in [-0.2, 0) is 0 Å². The van der Waals surface area contributed by atoms with E-state index in [0.717, 1.165) is 0 Å². The van der Waals surface area contributed by atoms with Crippen molar-refractivity contribution in [3.63, 3.8) is 0 Å². The SMILES string of the molecule is CCOc1ccc(C(=O)Nc2cccc(C(=O)N(CC)CC)c2)cc1[N+](=O)[O-]. The first-order chi connectivity index (χ1) is 13.4. The minimum absolute atomic E-state index is 0.107. The van der Waals surface area contributed by atoms with Gasteiger partial charge in [-0.3, -0.25) is 19.7 Å². The number of hydrogen-bond donors (Lipinski definition) is 1. The summed E-state index contributed by atoms with van der Waals surface area (Å²) in [6, 6.07) is 10.6. The molecule has 0 atom stereocenters. The fraction of sp³-hybridized carbons (Fsp3) is 0.300. The van der Waals surface area contributed by atoms with Gasteiger partial charge < -0.3 is 15.0 Å². The molecule has 0 aliphatic rings. The zero-order chi connectivity index (χ0) is 20.7. The lowest BCUT2D eigenvalue weighted by atomic mass is 10.1. The highest BCUT2D eigenvalue weighted by Crippen LogP contribution is 2.28. The van der Waals surface area contributed by atoms with Crippen molar-refractivity contribution in [3.8, 4) is 5.75 Å². The first-order valence-corrected chi connectivity index (χ1v) is 9.03. The Morgan fingerprint density at radius 1 is 1.07 bits per heavy atom. The lowest BCUT2D eigenvalue weighted by Crippen LogP contribution is -2.30. The van der Waals surface area contributed by atoms with E-state index in [1.165, 1.54) is 18.2 Å². The molecule has 0 fully saturated rings. The predicted molar refractivity (Wildman–Crippen MR) is 106 cm³/mol. The molecule has 0 radical (unpaired) electrons. The number of nitrogens with zero attached hydrogens (tertiary/aromatic N) is 2. The maximum Gasteiger partial charge on any atom is 0.311 e. The van der Waals surface area contributed by atoms with E-state index in [0.29, 0.717) is 24.3 Å². The number of nitrogens with one attached hydrogen (secondary N) is 1. The zero-order valence-electron chi connectivity index (χ0n) is 16.1. The van der Waals surface area contributed by atoms with Crippen molar-refractivity contribution in [3.05, 3.63) is 63.7 Å². The van der Waals surface area contributed by atoms with Crippen molar-refractivity contribution < 1.29 is 19.2 Å². The highest BCUT2D eigenvalue weighted by atomic mass is 16.6. The van der Waals surface area contributed by atoms with Gasteiger partial charge in [0.05, 0.1) is 11.5 Å². The Labute approximate surface area is 163 Å². The molecule has 0 aromatic heterocycles. The average molecular weight is 385 g/mol. The van der Waals surface area contributed by atoms with Crippen LogP contribution in [0.3, 0.4) is 0 Å². The lowest BCUT2D eigenvalue weighted by Gasteiger charge is -2.19. The molecule has 0 saturated heterocycles. The van der Waals surface area contributed by atoms with Crippen LogP contribution in [0.25, 0.3) is 0 Å². The average Bonchev–Trinajstić information content (AvgIpc) is 2.69. The molecule has 28 heavy (non-hydrogen) atoms. The van der Waals surface area contributed by atoms with Gasteiger partial charge in [-0.05, 0) is 51.1 Å². The van der Waals surface area contributed by atoms with E-state index in [-0.39, 0.29) is 29.5 Å². The molecule has 2 rings (SSSR count). The first-order valence-electron chi connectivity index (χ1n) is 9.03. The van der Waals surface area contributed by atoms with Crippen molar-refractivity contribution in [1.29, 1.82) is 0 Å². The molecular weight excluding hydrogens is 362 g/mol. The quantitative estimate of drug-likeness (QED) is 0.551. The highest BCUT2D eigenvalue weighted by molar-refractivity contribution is 6.05. The Kier molecular flexibility index (Phi) is 7.08. The molecule has 0 heterocycles. The van der Waals surface area contributed by atoms with Gasteiger partial charge in [0.25, 0.3) is 11.8 Å². The van der Waals surface area contributed by atoms with E-state index in [2.05, 4.69) is 5.32 Å². The molecule has 0 aliphatic carbocycles. The second kappa shape index (κ2) is 9.50. The molecular formula is C20H23N3O5. The molecule has 0 saturated carbocycles. The summed E-state index contributed by atoms with van der Waals surface area (Å²) < 4.78 is 5.22. The topological polar surface area (TPSA) is 102 Å². The van der Waals surface area contributed by atoms with E-state index in [1.807, 2.05) is 13.8 Å². The summed E-state index contributed by atoms with van der Waals surface area (Å²) in [6.07, 6.45) is 0. The van der Waals surface area contributed by atoms with Crippen LogP contribution in [-0.4, -0.2) is 41.3 Å². The van der Waals surface area contributed by atoms with Gasteiger partial charge in [0, 0.05) is 36.0 Å². The summed E-state index contributed by atoms with van der Waals surface area (Å²) in [4.78, 5) is 37.3. The third-order valence-corrected chi connectivity index (χ3v) is 4.14. The second-order valence-electron chi connectivity index (χ2n) is 5.88. The number of nitro groups is 1. The minimum Gasteiger partial charge on any atom is -0.487 e. The smallest absolute Gasteiger partial charge is 0.311 e. The Bertz CT molecular complexity index is 878. The number of hydrogen-bond acceptors (Lipinski definition) is 5. The summed E-state index contributed by atoms with van der Waals surface area (Å²) in [5, 5.41) is 13.9. The van der Waals surface area contributed by atoms with Crippen molar-refractivity contribution in [2.45, 2.75) is 20.8 Å². The number of benzene rings is 2. The summed E-state index contributed by atoms with van der Waals surface area (Å²) in [6.45, 7) is 6.96. The molecule has 148 valence electrons. The molecule has 0 bridgehead atoms. The van der Waals surface area contributed by atoms with Gasteiger partial charge in [0.2, 0.25) is 0 Å².